The summed E-state index contributed by atoms with van der Waals surface area (Å²) in [7, 11) is 4.00. The third-order valence-electron chi connectivity index (χ3n) is 3.17. The number of rotatable bonds is 8. The van der Waals surface area contributed by atoms with Gasteiger partial charge in [0, 0.05) is 30.6 Å². The molecule has 0 unspecified atom stereocenters. The monoisotopic (exact) mass is 406 g/mol. The summed E-state index contributed by atoms with van der Waals surface area (Å²) in [5.74, 6) is 0.583. The van der Waals surface area contributed by atoms with Gasteiger partial charge < -0.3 is 20.7 Å². The van der Waals surface area contributed by atoms with Crippen molar-refractivity contribution in [2.75, 3.05) is 27.2 Å². The van der Waals surface area contributed by atoms with Gasteiger partial charge in [-0.1, -0.05) is 18.2 Å². The van der Waals surface area contributed by atoms with E-state index in [-0.39, 0.29) is 30.7 Å². The number of nitrogens with one attached hydrogen (secondary N) is 1. The number of likely N-dealkylation sites (N-methyl/N-ethyl adjacent to an activating group) is 1. The molecule has 2 aromatic rings. The van der Waals surface area contributed by atoms with E-state index >= 15 is 0 Å². The van der Waals surface area contributed by atoms with Crippen molar-refractivity contribution >= 4 is 42.1 Å². The van der Waals surface area contributed by atoms with Gasteiger partial charge in [-0.25, -0.2) is 4.98 Å². The van der Waals surface area contributed by atoms with Crippen LogP contribution in [0, 0.1) is 0 Å². The fourth-order valence-corrected chi connectivity index (χ4v) is 2.56. The number of carbonyl (C=O) groups is 1. The third kappa shape index (κ3) is 7.58. The molecular weight excluding hydrogens is 383 g/mol. The summed E-state index contributed by atoms with van der Waals surface area (Å²) < 4.78 is 5.78. The first-order chi connectivity index (χ1) is 11.1. The van der Waals surface area contributed by atoms with Crippen LogP contribution in [0.5, 0.6) is 5.75 Å². The van der Waals surface area contributed by atoms with E-state index in [0.29, 0.717) is 25.4 Å². The number of carbonyl (C=O) groups excluding carboxylic acids is 1. The molecule has 2 rings (SSSR count). The Morgan fingerprint density at radius 3 is 2.68 bits per heavy atom. The van der Waals surface area contributed by atoms with E-state index in [2.05, 4.69) is 15.2 Å². The molecule has 140 valence electrons. The van der Waals surface area contributed by atoms with Crippen molar-refractivity contribution in [1.82, 2.24) is 15.2 Å². The highest BCUT2D eigenvalue weighted by molar-refractivity contribution is 7.09. The highest BCUT2D eigenvalue weighted by atomic mass is 35.5. The summed E-state index contributed by atoms with van der Waals surface area (Å²) in [5, 5.41) is 5.34. The SMILES string of the molecule is CN(C)CCOc1ccccc1CNC(=O)c1csc(CN)n1.Cl.Cl. The number of hydrogen-bond acceptors (Lipinski definition) is 6. The number of para-hydroxylation sites is 1. The first-order valence-electron chi connectivity index (χ1n) is 7.38. The molecule has 0 bridgehead atoms. The Kier molecular flexibility index (Phi) is 11.4. The number of nitrogens with zero attached hydrogens (tertiary/aromatic N) is 2. The summed E-state index contributed by atoms with van der Waals surface area (Å²) in [5.41, 5.74) is 6.86. The number of halogens is 2. The lowest BCUT2D eigenvalue weighted by Crippen LogP contribution is -2.24. The summed E-state index contributed by atoms with van der Waals surface area (Å²) >= 11 is 1.39. The van der Waals surface area contributed by atoms with Gasteiger partial charge in [-0.3, -0.25) is 4.79 Å². The van der Waals surface area contributed by atoms with Gasteiger partial charge in [0.1, 0.15) is 23.1 Å². The number of thiazole rings is 1. The average Bonchev–Trinajstić information content (AvgIpc) is 3.02. The van der Waals surface area contributed by atoms with Gasteiger partial charge in [-0.15, -0.1) is 36.2 Å². The van der Waals surface area contributed by atoms with Crippen LogP contribution in [-0.4, -0.2) is 43.0 Å². The van der Waals surface area contributed by atoms with Crippen LogP contribution < -0.4 is 15.8 Å². The molecular formula is C16H24Cl2N4O2S. The molecule has 0 fully saturated rings. The molecule has 1 heterocycles. The highest BCUT2D eigenvalue weighted by Crippen LogP contribution is 2.18. The van der Waals surface area contributed by atoms with E-state index < -0.39 is 0 Å². The number of hydrogen-bond donors (Lipinski definition) is 2. The minimum absolute atomic E-state index is 0. The van der Waals surface area contributed by atoms with Gasteiger partial charge in [-0.2, -0.15) is 0 Å². The Labute approximate surface area is 164 Å². The molecule has 3 N–H and O–H groups in total. The van der Waals surface area contributed by atoms with Gasteiger partial charge in [0.25, 0.3) is 5.91 Å². The number of benzene rings is 1. The molecule has 0 radical (unpaired) electrons. The predicted molar refractivity (Wildman–Crippen MR) is 106 cm³/mol. The second-order valence-electron chi connectivity index (χ2n) is 5.27. The van der Waals surface area contributed by atoms with E-state index in [0.717, 1.165) is 22.9 Å². The molecule has 25 heavy (non-hydrogen) atoms. The first-order valence-corrected chi connectivity index (χ1v) is 8.26. The molecule has 0 aliphatic rings. The maximum absolute atomic E-state index is 12.1. The van der Waals surface area contributed by atoms with Gasteiger partial charge in [-0.05, 0) is 20.2 Å². The van der Waals surface area contributed by atoms with Crippen molar-refractivity contribution < 1.29 is 9.53 Å². The first kappa shape index (κ1) is 23.6. The van der Waals surface area contributed by atoms with Gasteiger partial charge in [0.15, 0.2) is 0 Å². The van der Waals surface area contributed by atoms with Gasteiger partial charge in [0.05, 0.1) is 0 Å². The zero-order valence-corrected chi connectivity index (χ0v) is 16.7. The topological polar surface area (TPSA) is 80.5 Å². The zero-order valence-electron chi connectivity index (χ0n) is 14.2. The smallest absolute Gasteiger partial charge is 0.271 e. The standard InChI is InChI=1S/C16H22N4O2S.2ClH/c1-20(2)7-8-22-14-6-4-3-5-12(14)10-18-16(21)13-11-23-15(9-17)19-13;;/h3-6,11H,7-10,17H2,1-2H3,(H,18,21);2*1H. The summed E-state index contributed by atoms with van der Waals surface area (Å²) in [6.07, 6.45) is 0. The van der Waals surface area contributed by atoms with Crippen molar-refractivity contribution in [3.05, 3.63) is 45.9 Å². The second kappa shape index (κ2) is 12.1. The maximum atomic E-state index is 12.1. The molecule has 0 spiro atoms. The molecule has 1 amide bonds. The predicted octanol–water partition coefficient (Wildman–Crippen LogP) is 2.32. The highest BCUT2D eigenvalue weighted by Gasteiger charge is 2.11. The Morgan fingerprint density at radius 1 is 1.32 bits per heavy atom. The largest absolute Gasteiger partial charge is 0.492 e. The third-order valence-corrected chi connectivity index (χ3v) is 4.04. The fourth-order valence-electron chi connectivity index (χ4n) is 1.90. The normalized spacial score (nSPS) is 9.92. The van der Waals surface area contributed by atoms with E-state index in [9.17, 15) is 4.79 Å². The molecule has 0 saturated heterocycles. The maximum Gasteiger partial charge on any atom is 0.271 e. The van der Waals surface area contributed by atoms with E-state index in [1.165, 1.54) is 11.3 Å². The van der Waals surface area contributed by atoms with Crippen molar-refractivity contribution in [3.63, 3.8) is 0 Å². The van der Waals surface area contributed by atoms with Crippen LogP contribution in [0.4, 0.5) is 0 Å². The minimum atomic E-state index is -0.205. The van der Waals surface area contributed by atoms with Crippen molar-refractivity contribution in [2.24, 2.45) is 5.73 Å². The van der Waals surface area contributed by atoms with Crippen LogP contribution in [0.2, 0.25) is 0 Å². The second-order valence-corrected chi connectivity index (χ2v) is 6.22. The molecule has 6 nitrogen and oxygen atoms in total. The lowest BCUT2D eigenvalue weighted by molar-refractivity contribution is 0.0946. The Bertz CT molecular complexity index is 653. The number of ether oxygens (including phenoxy) is 1. The van der Waals surface area contributed by atoms with Crippen LogP contribution in [0.15, 0.2) is 29.6 Å². The van der Waals surface area contributed by atoms with Gasteiger partial charge in [0.2, 0.25) is 0 Å². The minimum Gasteiger partial charge on any atom is -0.492 e. The number of nitrogens with two attached hydrogens (primary N) is 1. The Morgan fingerprint density at radius 2 is 2.04 bits per heavy atom. The summed E-state index contributed by atoms with van der Waals surface area (Å²) in [6, 6.07) is 7.70. The zero-order chi connectivity index (χ0) is 16.7. The van der Waals surface area contributed by atoms with Crippen LogP contribution in [-0.2, 0) is 13.1 Å². The quantitative estimate of drug-likeness (QED) is 0.702. The fraction of sp³-hybridized carbons (Fsp3) is 0.375. The number of aromatic nitrogens is 1. The van der Waals surface area contributed by atoms with Gasteiger partial charge >= 0.3 is 0 Å². The Hall–Kier alpha value is -1.38. The lowest BCUT2D eigenvalue weighted by Gasteiger charge is -2.14. The van der Waals surface area contributed by atoms with Crippen molar-refractivity contribution in [2.45, 2.75) is 13.1 Å². The average molecular weight is 407 g/mol. The van der Waals surface area contributed by atoms with Crippen LogP contribution in [0.1, 0.15) is 21.1 Å². The van der Waals surface area contributed by atoms with Crippen LogP contribution in [0.25, 0.3) is 0 Å². The van der Waals surface area contributed by atoms with Crippen molar-refractivity contribution in [3.8, 4) is 5.75 Å². The molecule has 0 aliphatic carbocycles. The lowest BCUT2D eigenvalue weighted by atomic mass is 10.2. The molecule has 1 aromatic carbocycles. The number of amides is 1. The van der Waals surface area contributed by atoms with Crippen molar-refractivity contribution in [1.29, 1.82) is 0 Å². The van der Waals surface area contributed by atoms with E-state index in [4.69, 9.17) is 10.5 Å². The van der Waals surface area contributed by atoms with Crippen LogP contribution in [0.3, 0.4) is 0 Å². The molecule has 0 atom stereocenters. The Balaban J connectivity index is 0.00000288. The molecule has 0 aliphatic heterocycles. The summed E-state index contributed by atoms with van der Waals surface area (Å²) in [4.78, 5) is 18.3. The molecule has 0 saturated carbocycles. The van der Waals surface area contributed by atoms with E-state index in [1.54, 1.807) is 5.38 Å². The molecule has 1 aromatic heterocycles. The summed E-state index contributed by atoms with van der Waals surface area (Å²) in [6.45, 7) is 2.18. The van der Waals surface area contributed by atoms with Crippen LogP contribution >= 0.6 is 36.2 Å². The molecule has 9 heteroatoms. The van der Waals surface area contributed by atoms with E-state index in [1.807, 2.05) is 38.4 Å².